The zero-order chi connectivity index (χ0) is 14.0. The number of rotatable bonds is 4. The molecule has 114 valence electrons. The van der Waals surface area contributed by atoms with Crippen molar-refractivity contribution in [3.63, 3.8) is 0 Å². The van der Waals surface area contributed by atoms with Crippen LogP contribution in [0.3, 0.4) is 0 Å². The number of hydrogen-bond acceptors (Lipinski definition) is 3. The van der Waals surface area contributed by atoms with E-state index in [0.717, 1.165) is 19.3 Å². The van der Waals surface area contributed by atoms with E-state index in [2.05, 4.69) is 10.6 Å². The van der Waals surface area contributed by atoms with Crippen LogP contribution in [0.5, 0.6) is 0 Å². The van der Waals surface area contributed by atoms with E-state index < -0.39 is 0 Å². The van der Waals surface area contributed by atoms with Crippen LogP contribution in [0.25, 0.3) is 0 Å². The predicted molar refractivity (Wildman–Crippen MR) is 78.3 cm³/mol. The molecule has 4 nitrogen and oxygen atoms in total. The SMILES string of the molecule is O=C(NCC1(CO)CCCC1)C1CC2CCCCC2N1. The molecule has 0 aromatic heterocycles. The van der Waals surface area contributed by atoms with E-state index in [1.165, 1.54) is 38.5 Å². The summed E-state index contributed by atoms with van der Waals surface area (Å²) in [6.07, 6.45) is 10.6. The molecule has 1 heterocycles. The van der Waals surface area contributed by atoms with Crippen molar-refractivity contribution in [2.45, 2.75) is 69.9 Å². The van der Waals surface area contributed by atoms with Crippen molar-refractivity contribution in [3.05, 3.63) is 0 Å². The average molecular weight is 280 g/mol. The van der Waals surface area contributed by atoms with Crippen LogP contribution in [0.1, 0.15) is 57.8 Å². The lowest BCUT2D eigenvalue weighted by Crippen LogP contribution is -2.47. The second kappa shape index (κ2) is 6.02. The van der Waals surface area contributed by atoms with Gasteiger partial charge in [0.1, 0.15) is 0 Å². The molecule has 0 radical (unpaired) electrons. The van der Waals surface area contributed by atoms with Crippen LogP contribution >= 0.6 is 0 Å². The topological polar surface area (TPSA) is 61.4 Å². The van der Waals surface area contributed by atoms with Crippen LogP contribution in [-0.2, 0) is 4.79 Å². The Morgan fingerprint density at radius 1 is 1.20 bits per heavy atom. The lowest BCUT2D eigenvalue weighted by Gasteiger charge is -2.27. The van der Waals surface area contributed by atoms with E-state index in [0.29, 0.717) is 18.5 Å². The lowest BCUT2D eigenvalue weighted by atomic mass is 9.85. The van der Waals surface area contributed by atoms with E-state index in [-0.39, 0.29) is 24.0 Å². The molecule has 3 fully saturated rings. The van der Waals surface area contributed by atoms with Crippen molar-refractivity contribution in [2.75, 3.05) is 13.2 Å². The summed E-state index contributed by atoms with van der Waals surface area (Å²) in [4.78, 5) is 12.3. The molecular weight excluding hydrogens is 252 g/mol. The first-order chi connectivity index (χ1) is 9.72. The first-order valence-corrected chi connectivity index (χ1v) is 8.37. The molecule has 4 heteroatoms. The highest BCUT2D eigenvalue weighted by Crippen LogP contribution is 2.37. The summed E-state index contributed by atoms with van der Waals surface area (Å²) >= 11 is 0. The monoisotopic (exact) mass is 280 g/mol. The normalized spacial score (nSPS) is 35.8. The van der Waals surface area contributed by atoms with Gasteiger partial charge in [-0.15, -0.1) is 0 Å². The van der Waals surface area contributed by atoms with Gasteiger partial charge >= 0.3 is 0 Å². The van der Waals surface area contributed by atoms with Crippen LogP contribution in [0.15, 0.2) is 0 Å². The van der Waals surface area contributed by atoms with Gasteiger partial charge in [0.25, 0.3) is 0 Å². The van der Waals surface area contributed by atoms with E-state index in [1.54, 1.807) is 0 Å². The Kier molecular flexibility index (Phi) is 4.32. The third-order valence-corrected chi connectivity index (χ3v) is 5.82. The van der Waals surface area contributed by atoms with Crippen LogP contribution in [-0.4, -0.2) is 36.2 Å². The minimum atomic E-state index is -0.0407. The number of carbonyl (C=O) groups is 1. The minimum absolute atomic E-state index is 0.000228. The van der Waals surface area contributed by atoms with Crippen LogP contribution in [0.2, 0.25) is 0 Å². The van der Waals surface area contributed by atoms with Gasteiger partial charge in [-0.1, -0.05) is 25.7 Å². The summed E-state index contributed by atoms with van der Waals surface area (Å²) < 4.78 is 0. The third-order valence-electron chi connectivity index (χ3n) is 5.82. The van der Waals surface area contributed by atoms with E-state index >= 15 is 0 Å². The predicted octanol–water partition coefficient (Wildman–Crippen LogP) is 1.58. The zero-order valence-electron chi connectivity index (χ0n) is 12.4. The van der Waals surface area contributed by atoms with Gasteiger partial charge in [-0.3, -0.25) is 4.79 Å². The molecule has 1 amide bonds. The number of amides is 1. The molecule has 0 aromatic rings. The van der Waals surface area contributed by atoms with Crippen molar-refractivity contribution in [1.82, 2.24) is 10.6 Å². The fourth-order valence-electron chi connectivity index (χ4n) is 4.43. The summed E-state index contributed by atoms with van der Waals surface area (Å²) in [6.45, 7) is 0.854. The summed E-state index contributed by atoms with van der Waals surface area (Å²) in [7, 11) is 0. The maximum atomic E-state index is 12.3. The van der Waals surface area contributed by atoms with E-state index in [4.69, 9.17) is 0 Å². The Morgan fingerprint density at radius 2 is 1.95 bits per heavy atom. The minimum Gasteiger partial charge on any atom is -0.396 e. The van der Waals surface area contributed by atoms with Gasteiger partial charge < -0.3 is 15.7 Å². The van der Waals surface area contributed by atoms with Gasteiger partial charge in [0.2, 0.25) is 5.91 Å². The fourth-order valence-corrected chi connectivity index (χ4v) is 4.43. The Labute approximate surface area is 121 Å². The van der Waals surface area contributed by atoms with Crippen LogP contribution in [0.4, 0.5) is 0 Å². The summed E-state index contributed by atoms with van der Waals surface area (Å²) in [5.74, 6) is 0.858. The fraction of sp³-hybridized carbons (Fsp3) is 0.938. The quantitative estimate of drug-likeness (QED) is 0.732. The molecule has 3 atom stereocenters. The molecule has 3 N–H and O–H groups in total. The van der Waals surface area contributed by atoms with Crippen molar-refractivity contribution in [3.8, 4) is 0 Å². The molecule has 3 rings (SSSR count). The van der Waals surface area contributed by atoms with Crippen molar-refractivity contribution >= 4 is 5.91 Å². The van der Waals surface area contributed by atoms with Crippen LogP contribution < -0.4 is 10.6 Å². The van der Waals surface area contributed by atoms with Crippen molar-refractivity contribution in [1.29, 1.82) is 0 Å². The van der Waals surface area contributed by atoms with Gasteiger partial charge in [0.05, 0.1) is 12.6 Å². The second-order valence-electron chi connectivity index (χ2n) is 7.19. The van der Waals surface area contributed by atoms with Crippen molar-refractivity contribution < 1.29 is 9.90 Å². The number of nitrogens with one attached hydrogen (secondary N) is 2. The Bertz CT molecular complexity index is 338. The number of carbonyl (C=O) groups excluding carboxylic acids is 1. The number of fused-ring (bicyclic) bond motifs is 1. The average Bonchev–Trinajstić information content (AvgIpc) is 3.12. The lowest BCUT2D eigenvalue weighted by molar-refractivity contribution is -0.123. The molecule has 0 aromatic carbocycles. The maximum absolute atomic E-state index is 12.3. The molecular formula is C16H28N2O2. The standard InChI is InChI=1S/C16H28N2O2/c19-11-16(7-3-4-8-16)10-17-15(20)14-9-12-5-1-2-6-13(12)18-14/h12-14,18-19H,1-11H2,(H,17,20). The molecule has 3 unspecified atom stereocenters. The highest BCUT2D eigenvalue weighted by atomic mass is 16.3. The largest absolute Gasteiger partial charge is 0.396 e. The Hall–Kier alpha value is -0.610. The molecule has 20 heavy (non-hydrogen) atoms. The molecule has 0 spiro atoms. The van der Waals surface area contributed by atoms with Crippen LogP contribution in [0, 0.1) is 11.3 Å². The van der Waals surface area contributed by atoms with Crippen molar-refractivity contribution in [2.24, 2.45) is 11.3 Å². The van der Waals surface area contributed by atoms with Gasteiger partial charge in [-0.2, -0.15) is 0 Å². The van der Waals surface area contributed by atoms with Gasteiger partial charge in [-0.25, -0.2) is 0 Å². The second-order valence-corrected chi connectivity index (χ2v) is 7.19. The molecule has 2 aliphatic carbocycles. The molecule has 1 saturated heterocycles. The summed E-state index contributed by atoms with van der Waals surface area (Å²) in [6, 6.07) is 0.568. The summed E-state index contributed by atoms with van der Waals surface area (Å²) in [5.41, 5.74) is -0.0407. The summed E-state index contributed by atoms with van der Waals surface area (Å²) in [5, 5.41) is 16.2. The maximum Gasteiger partial charge on any atom is 0.237 e. The molecule has 2 saturated carbocycles. The van der Waals surface area contributed by atoms with Gasteiger partial charge in [-0.05, 0) is 38.0 Å². The smallest absolute Gasteiger partial charge is 0.237 e. The van der Waals surface area contributed by atoms with E-state index in [9.17, 15) is 9.90 Å². The van der Waals surface area contributed by atoms with Gasteiger partial charge in [0, 0.05) is 18.0 Å². The third kappa shape index (κ3) is 2.86. The molecule has 0 bridgehead atoms. The number of aliphatic hydroxyl groups is 1. The Balaban J connectivity index is 1.50. The first-order valence-electron chi connectivity index (χ1n) is 8.37. The first kappa shape index (κ1) is 14.3. The van der Waals surface area contributed by atoms with Gasteiger partial charge in [0.15, 0.2) is 0 Å². The number of hydrogen-bond donors (Lipinski definition) is 3. The number of aliphatic hydroxyl groups excluding tert-OH is 1. The van der Waals surface area contributed by atoms with E-state index in [1.807, 2.05) is 0 Å². The highest BCUT2D eigenvalue weighted by molar-refractivity contribution is 5.82. The molecule has 1 aliphatic heterocycles. The zero-order valence-corrected chi connectivity index (χ0v) is 12.4. The highest BCUT2D eigenvalue weighted by Gasteiger charge is 2.39. The molecule has 3 aliphatic rings. The Morgan fingerprint density at radius 3 is 2.65 bits per heavy atom.